The average Bonchev–Trinajstić information content (AvgIpc) is 3.14. The lowest BCUT2D eigenvalue weighted by atomic mass is 9.77. The third-order valence-electron chi connectivity index (χ3n) is 6.63. The number of nitrogens with one attached hydrogen (secondary N) is 1. The van der Waals surface area contributed by atoms with Crippen molar-refractivity contribution in [3.8, 4) is 5.75 Å². The van der Waals surface area contributed by atoms with Gasteiger partial charge in [0.1, 0.15) is 11.8 Å². The highest BCUT2D eigenvalue weighted by Crippen LogP contribution is 2.55. The summed E-state index contributed by atoms with van der Waals surface area (Å²) in [5, 5.41) is 20.9. The molecule has 1 fully saturated rings. The zero-order valence-electron chi connectivity index (χ0n) is 20.3. The summed E-state index contributed by atoms with van der Waals surface area (Å²) in [6.07, 6.45) is -5.69. The molecule has 4 atom stereocenters. The Labute approximate surface area is 213 Å². The lowest BCUT2D eigenvalue weighted by Gasteiger charge is -2.32. The highest BCUT2D eigenvalue weighted by molar-refractivity contribution is 5.97. The van der Waals surface area contributed by atoms with Gasteiger partial charge >= 0.3 is 6.18 Å². The summed E-state index contributed by atoms with van der Waals surface area (Å²) in [5.41, 5.74) is 1.76. The van der Waals surface area contributed by atoms with Gasteiger partial charge in [0, 0.05) is 35.2 Å². The fraction of sp³-hybridized carbons (Fsp3) is 0.458. The number of amides is 2. The number of alkyl halides is 3. The zero-order valence-corrected chi connectivity index (χ0v) is 20.3. The number of carbonyl (C=O) groups excluding carboxylic acids is 2. The van der Waals surface area contributed by atoms with Crippen molar-refractivity contribution in [2.24, 2.45) is 17.6 Å². The second-order valence-electron chi connectivity index (χ2n) is 9.06. The first-order chi connectivity index (χ1) is 17.7. The lowest BCUT2D eigenvalue weighted by Crippen LogP contribution is -2.47. The molecule has 1 aromatic heterocycles. The Morgan fingerprint density at radius 2 is 1.89 bits per heavy atom. The molecule has 2 aromatic rings. The van der Waals surface area contributed by atoms with E-state index in [1.54, 1.807) is 0 Å². The van der Waals surface area contributed by atoms with E-state index in [1.807, 2.05) is 0 Å². The van der Waals surface area contributed by atoms with Gasteiger partial charge in [0.25, 0.3) is 11.8 Å². The van der Waals surface area contributed by atoms with E-state index in [0.29, 0.717) is 6.07 Å². The predicted molar refractivity (Wildman–Crippen MR) is 122 cm³/mol. The number of pyridine rings is 1. The van der Waals surface area contributed by atoms with E-state index in [9.17, 15) is 41.8 Å². The van der Waals surface area contributed by atoms with Gasteiger partial charge in [0.05, 0.1) is 19.8 Å². The first-order valence-electron chi connectivity index (χ1n) is 11.4. The maximum Gasteiger partial charge on any atom is 0.417 e. The zero-order chi connectivity index (χ0) is 28.4. The summed E-state index contributed by atoms with van der Waals surface area (Å²) in [7, 11) is 0. The van der Waals surface area contributed by atoms with Crippen LogP contribution in [0.4, 0.5) is 27.6 Å². The van der Waals surface area contributed by atoms with E-state index in [1.165, 1.54) is 6.07 Å². The molecule has 1 aliphatic rings. The minimum Gasteiger partial charge on any atom is -0.490 e. The molecule has 208 valence electrons. The Morgan fingerprint density at radius 1 is 1.24 bits per heavy atom. The molecule has 2 amide bonds. The van der Waals surface area contributed by atoms with E-state index in [0.717, 1.165) is 32.2 Å². The first-order valence-corrected chi connectivity index (χ1v) is 11.4. The fourth-order valence-corrected chi connectivity index (χ4v) is 4.20. The summed E-state index contributed by atoms with van der Waals surface area (Å²) in [6.45, 7) is 0.259. The van der Waals surface area contributed by atoms with Crippen LogP contribution >= 0.6 is 0 Å². The monoisotopic (exact) mass is 547 g/mol. The molecule has 9 nitrogen and oxygen atoms in total. The molecule has 0 saturated carbocycles. The number of ether oxygens (including phenoxy) is 2. The number of aliphatic hydroxyl groups is 2. The van der Waals surface area contributed by atoms with Gasteiger partial charge in [0.2, 0.25) is 5.82 Å². The van der Waals surface area contributed by atoms with Crippen LogP contribution in [0.5, 0.6) is 5.75 Å². The van der Waals surface area contributed by atoms with E-state index in [-0.39, 0.29) is 16.9 Å². The third-order valence-corrected chi connectivity index (χ3v) is 6.63. The van der Waals surface area contributed by atoms with Gasteiger partial charge in [-0.1, -0.05) is 13.0 Å². The number of halogens is 5. The number of carbonyl (C=O) groups is 2. The van der Waals surface area contributed by atoms with Crippen LogP contribution in [0.2, 0.25) is 0 Å². The summed E-state index contributed by atoms with van der Waals surface area (Å²) < 4.78 is 82.1. The molecular weight excluding hydrogens is 521 g/mol. The van der Waals surface area contributed by atoms with E-state index in [4.69, 9.17) is 15.2 Å². The number of aromatic nitrogens is 1. The van der Waals surface area contributed by atoms with Crippen LogP contribution in [-0.4, -0.2) is 64.7 Å². The molecule has 0 unspecified atom stereocenters. The number of benzene rings is 1. The van der Waals surface area contributed by atoms with E-state index in [2.05, 4.69) is 10.3 Å². The molecule has 1 aliphatic heterocycles. The molecule has 3 rings (SSSR count). The van der Waals surface area contributed by atoms with Gasteiger partial charge in [-0.05, 0) is 25.1 Å². The van der Waals surface area contributed by atoms with Crippen molar-refractivity contribution in [1.82, 2.24) is 4.98 Å². The molecule has 0 spiro atoms. The highest BCUT2D eigenvalue weighted by atomic mass is 19.4. The van der Waals surface area contributed by atoms with Crippen LogP contribution in [0.15, 0.2) is 30.5 Å². The Morgan fingerprint density at radius 3 is 2.47 bits per heavy atom. The molecule has 2 heterocycles. The number of nitrogens with two attached hydrogens (primary N) is 1. The number of rotatable bonds is 9. The number of aliphatic hydroxyl groups excluding tert-OH is 2. The Kier molecular flexibility index (Phi) is 8.58. The third kappa shape index (κ3) is 5.56. The van der Waals surface area contributed by atoms with Gasteiger partial charge < -0.3 is 30.7 Å². The molecule has 0 radical (unpaired) electrons. The Hall–Kier alpha value is -3.36. The van der Waals surface area contributed by atoms with Crippen molar-refractivity contribution in [2.45, 2.75) is 37.6 Å². The SMILES string of the molecule is C[C@H]1[C@@H](c2ccc(F)c(F)c2OCC(CO)CO)[C@H](C(=O)Nc2ccnc(C(N)=O)c2)O[C@@]1(C)C(F)(F)F. The molecular formula is C24H26F5N3O6. The number of primary amides is 1. The largest absolute Gasteiger partial charge is 0.490 e. The molecule has 5 N–H and O–H groups in total. The molecule has 0 bridgehead atoms. The van der Waals surface area contributed by atoms with E-state index >= 15 is 0 Å². The van der Waals surface area contributed by atoms with Gasteiger partial charge in [-0.25, -0.2) is 4.39 Å². The van der Waals surface area contributed by atoms with Crippen molar-refractivity contribution in [1.29, 1.82) is 0 Å². The smallest absolute Gasteiger partial charge is 0.417 e. The minimum atomic E-state index is -4.96. The van der Waals surface area contributed by atoms with Crippen molar-refractivity contribution in [3.63, 3.8) is 0 Å². The standard InChI is InChI=1S/C24H26F5N3O6/c1-11-17(14-3-4-15(25)18(26)19(14)37-10-12(8-33)9-34)20(38-23(11,2)24(27,28)29)22(36)32-13-5-6-31-16(7-13)21(30)35/h3-7,11-12,17,20,33-34H,8-10H2,1-2H3,(H2,30,35)(H,31,32,36)/t11-,17-,20+,23+/m0/s1. The first kappa shape index (κ1) is 29.2. The topological polar surface area (TPSA) is 144 Å². The van der Waals surface area contributed by atoms with Gasteiger partial charge in [-0.2, -0.15) is 17.6 Å². The van der Waals surface area contributed by atoms with Crippen LogP contribution < -0.4 is 15.8 Å². The van der Waals surface area contributed by atoms with E-state index < -0.39 is 84.7 Å². The Balaban J connectivity index is 2.08. The molecule has 14 heteroatoms. The van der Waals surface area contributed by atoms with Crippen LogP contribution in [0.3, 0.4) is 0 Å². The molecule has 38 heavy (non-hydrogen) atoms. The summed E-state index contributed by atoms with van der Waals surface area (Å²) in [6, 6.07) is 4.04. The summed E-state index contributed by atoms with van der Waals surface area (Å²) in [4.78, 5) is 28.4. The fourth-order valence-electron chi connectivity index (χ4n) is 4.20. The average molecular weight is 547 g/mol. The highest BCUT2D eigenvalue weighted by Gasteiger charge is 2.66. The number of hydrogen-bond acceptors (Lipinski definition) is 7. The predicted octanol–water partition coefficient (Wildman–Crippen LogP) is 2.52. The van der Waals surface area contributed by atoms with Gasteiger partial charge in [-0.3, -0.25) is 14.6 Å². The van der Waals surface area contributed by atoms with Crippen molar-refractivity contribution >= 4 is 17.5 Å². The van der Waals surface area contributed by atoms with Crippen molar-refractivity contribution in [3.05, 3.63) is 53.4 Å². The maximum absolute atomic E-state index is 14.9. The van der Waals surface area contributed by atoms with Crippen LogP contribution in [-0.2, 0) is 9.53 Å². The molecule has 0 aliphatic carbocycles. The van der Waals surface area contributed by atoms with Crippen LogP contribution in [0, 0.1) is 23.5 Å². The number of hydrogen-bond donors (Lipinski definition) is 4. The quantitative estimate of drug-likeness (QED) is 0.353. The van der Waals surface area contributed by atoms with Gasteiger partial charge in [0.15, 0.2) is 17.2 Å². The summed E-state index contributed by atoms with van der Waals surface area (Å²) >= 11 is 0. The normalized spacial score (nSPS) is 23.5. The van der Waals surface area contributed by atoms with Crippen molar-refractivity contribution in [2.75, 3.05) is 25.1 Å². The van der Waals surface area contributed by atoms with Gasteiger partial charge in [-0.15, -0.1) is 0 Å². The second kappa shape index (κ2) is 11.2. The van der Waals surface area contributed by atoms with Crippen molar-refractivity contribution < 1.29 is 51.2 Å². The molecule has 1 saturated heterocycles. The lowest BCUT2D eigenvalue weighted by molar-refractivity contribution is -0.272. The maximum atomic E-state index is 14.9. The Bertz CT molecular complexity index is 1190. The van der Waals surface area contributed by atoms with Crippen LogP contribution in [0.25, 0.3) is 0 Å². The second-order valence-corrected chi connectivity index (χ2v) is 9.06. The molecule has 1 aromatic carbocycles. The van der Waals surface area contributed by atoms with Crippen LogP contribution in [0.1, 0.15) is 35.8 Å². The summed E-state index contributed by atoms with van der Waals surface area (Å²) in [5.74, 6) is -9.55. The number of nitrogens with zero attached hydrogens (tertiary/aromatic N) is 1. The minimum absolute atomic E-state index is 0.0232. The number of anilines is 1.